The van der Waals surface area contributed by atoms with Crippen LogP contribution in [0, 0.1) is 0 Å². The van der Waals surface area contributed by atoms with Crippen LogP contribution in [0.1, 0.15) is 0 Å². The third-order valence-electron chi connectivity index (χ3n) is 0.969. The molecule has 0 aliphatic carbocycles. The van der Waals surface area contributed by atoms with Gasteiger partial charge in [0, 0.05) is 0 Å². The Balaban J connectivity index is 2.61. The van der Waals surface area contributed by atoms with E-state index in [1.54, 1.807) is 12.1 Å². The average molecular weight is 139 g/mol. The highest BCUT2D eigenvalue weighted by Crippen LogP contribution is 2.06. The van der Waals surface area contributed by atoms with Gasteiger partial charge in [-0.3, -0.25) is 4.80 Å². The average Bonchev–Trinajstić information content (AvgIpc) is 1.91. The van der Waals surface area contributed by atoms with Crippen LogP contribution < -0.4 is 4.43 Å². The monoisotopic (exact) mass is 139 g/mol. The Morgan fingerprint density at radius 2 is 1.89 bits per heavy atom. The first-order valence-corrected chi connectivity index (χ1v) is 3.85. The topological polar surface area (TPSA) is 29.1 Å². The molecule has 1 aromatic rings. The summed E-state index contributed by atoms with van der Waals surface area (Å²) < 4.78 is 4.79. The smallest absolute Gasteiger partial charge is 0.398 e. The summed E-state index contributed by atoms with van der Waals surface area (Å²) >= 11 is 0. The zero-order chi connectivity index (χ0) is 6.53. The maximum atomic E-state index is 10.0. The van der Waals surface area contributed by atoms with E-state index in [0.717, 1.165) is 0 Å². The zero-order valence-corrected chi connectivity index (χ0v) is 6.32. The molecule has 2 nitrogen and oxygen atoms in total. The molecular formula is C6H7O2Si. The van der Waals surface area contributed by atoms with Crippen LogP contribution in [-0.4, -0.2) is 10.0 Å². The fraction of sp³-hybridized carbons (Fsp3) is 0. The summed E-state index contributed by atoms with van der Waals surface area (Å²) in [6.07, 6.45) is 0. The summed E-state index contributed by atoms with van der Waals surface area (Å²) in [7, 11) is -1.53. The molecular weight excluding hydrogens is 132 g/mol. The van der Waals surface area contributed by atoms with Crippen molar-refractivity contribution < 1.29 is 9.22 Å². The molecule has 0 aliphatic heterocycles. The predicted molar refractivity (Wildman–Crippen MR) is 36.3 cm³/mol. The van der Waals surface area contributed by atoms with Crippen LogP contribution >= 0.6 is 0 Å². The molecule has 47 valence electrons. The third kappa shape index (κ3) is 1.87. The molecule has 0 aromatic heterocycles. The van der Waals surface area contributed by atoms with Crippen molar-refractivity contribution in [2.45, 2.75) is 0 Å². The van der Waals surface area contributed by atoms with E-state index in [9.17, 15) is 4.80 Å². The highest BCUT2D eigenvalue weighted by Gasteiger charge is 1.86. The standard InChI is InChI=1S/C6H7O2Si/c7-9-8-6-4-2-1-3-5-6/h1-5H,9H2. The van der Waals surface area contributed by atoms with Gasteiger partial charge in [-0.05, 0) is 12.1 Å². The largest absolute Gasteiger partial charge is 0.523 e. The molecule has 0 amide bonds. The lowest BCUT2D eigenvalue weighted by atomic mass is 10.3. The van der Waals surface area contributed by atoms with Gasteiger partial charge in [-0.15, -0.1) is 0 Å². The van der Waals surface area contributed by atoms with Crippen molar-refractivity contribution in [1.29, 1.82) is 0 Å². The molecule has 0 heterocycles. The number of hydrogen-bond donors (Lipinski definition) is 0. The molecule has 0 N–H and O–H groups in total. The zero-order valence-electron chi connectivity index (χ0n) is 4.91. The summed E-state index contributed by atoms with van der Waals surface area (Å²) in [5.74, 6) is 0.694. The summed E-state index contributed by atoms with van der Waals surface area (Å²) in [5.41, 5.74) is 0. The maximum absolute atomic E-state index is 10.0. The SMILES string of the molecule is [O][SiH2]Oc1ccccc1. The summed E-state index contributed by atoms with van der Waals surface area (Å²) in [5, 5.41) is 0. The molecule has 9 heavy (non-hydrogen) atoms. The first-order chi connectivity index (χ1) is 4.43. The van der Waals surface area contributed by atoms with E-state index in [-0.39, 0.29) is 0 Å². The van der Waals surface area contributed by atoms with Gasteiger partial charge < -0.3 is 4.43 Å². The summed E-state index contributed by atoms with van der Waals surface area (Å²) in [4.78, 5) is 10.0. The van der Waals surface area contributed by atoms with Crippen LogP contribution in [0.4, 0.5) is 0 Å². The van der Waals surface area contributed by atoms with E-state index in [1.807, 2.05) is 18.2 Å². The van der Waals surface area contributed by atoms with Crippen LogP contribution in [0.2, 0.25) is 0 Å². The Labute approximate surface area is 56.2 Å². The van der Waals surface area contributed by atoms with E-state index in [4.69, 9.17) is 4.43 Å². The van der Waals surface area contributed by atoms with E-state index in [1.165, 1.54) is 0 Å². The Hall–Kier alpha value is -0.803. The lowest BCUT2D eigenvalue weighted by Gasteiger charge is -1.97. The van der Waals surface area contributed by atoms with Gasteiger partial charge >= 0.3 is 10.0 Å². The fourth-order valence-corrected chi connectivity index (χ4v) is 0.913. The highest BCUT2D eigenvalue weighted by atomic mass is 28.2. The number of para-hydroxylation sites is 1. The van der Waals surface area contributed by atoms with E-state index in [2.05, 4.69) is 0 Å². The minimum absolute atomic E-state index is 0.694. The molecule has 1 rings (SSSR count). The Kier molecular flexibility index (Phi) is 2.29. The van der Waals surface area contributed by atoms with Gasteiger partial charge in [0.2, 0.25) is 0 Å². The molecule has 3 heteroatoms. The van der Waals surface area contributed by atoms with Crippen LogP contribution in [0.25, 0.3) is 0 Å². The van der Waals surface area contributed by atoms with E-state index < -0.39 is 10.0 Å². The van der Waals surface area contributed by atoms with Gasteiger partial charge in [0.15, 0.2) is 0 Å². The van der Waals surface area contributed by atoms with Gasteiger partial charge in [-0.1, -0.05) is 18.2 Å². The van der Waals surface area contributed by atoms with Gasteiger partial charge in [0.25, 0.3) is 0 Å². The first kappa shape index (κ1) is 6.32. The molecule has 0 aliphatic rings. The van der Waals surface area contributed by atoms with Crippen molar-refractivity contribution in [3.05, 3.63) is 30.3 Å². The van der Waals surface area contributed by atoms with E-state index >= 15 is 0 Å². The summed E-state index contributed by atoms with van der Waals surface area (Å²) in [6.45, 7) is 0. The Morgan fingerprint density at radius 1 is 1.22 bits per heavy atom. The fourth-order valence-electron chi connectivity index (χ4n) is 0.585. The normalized spacial score (nSPS) is 10.3. The maximum Gasteiger partial charge on any atom is 0.398 e. The molecule has 0 saturated heterocycles. The second-order valence-corrected chi connectivity index (χ2v) is 2.10. The van der Waals surface area contributed by atoms with Gasteiger partial charge in [-0.2, -0.15) is 0 Å². The van der Waals surface area contributed by atoms with Crippen LogP contribution in [0.15, 0.2) is 30.3 Å². The van der Waals surface area contributed by atoms with Crippen molar-refractivity contribution in [2.75, 3.05) is 0 Å². The lowest BCUT2D eigenvalue weighted by molar-refractivity contribution is 0.379. The Bertz CT molecular complexity index is 164. The molecule has 0 saturated carbocycles. The van der Waals surface area contributed by atoms with Crippen molar-refractivity contribution in [3.63, 3.8) is 0 Å². The second kappa shape index (κ2) is 3.27. The quantitative estimate of drug-likeness (QED) is 0.548. The number of hydrogen-bond acceptors (Lipinski definition) is 1. The van der Waals surface area contributed by atoms with Crippen LogP contribution in [0.3, 0.4) is 0 Å². The number of benzene rings is 1. The van der Waals surface area contributed by atoms with Crippen molar-refractivity contribution in [1.82, 2.24) is 0 Å². The third-order valence-corrected chi connectivity index (χ3v) is 1.42. The second-order valence-electron chi connectivity index (χ2n) is 1.58. The van der Waals surface area contributed by atoms with Crippen molar-refractivity contribution >= 4 is 10.0 Å². The molecule has 0 spiro atoms. The Morgan fingerprint density at radius 3 is 2.44 bits per heavy atom. The van der Waals surface area contributed by atoms with E-state index in [0.29, 0.717) is 5.75 Å². The van der Waals surface area contributed by atoms with Gasteiger partial charge in [-0.25, -0.2) is 0 Å². The van der Waals surface area contributed by atoms with Crippen LogP contribution in [-0.2, 0) is 4.80 Å². The van der Waals surface area contributed by atoms with Gasteiger partial charge in [0.05, 0.1) is 0 Å². The highest BCUT2D eigenvalue weighted by molar-refractivity contribution is 6.16. The minimum Gasteiger partial charge on any atom is -0.523 e. The van der Waals surface area contributed by atoms with Gasteiger partial charge in [0.1, 0.15) is 5.75 Å². The summed E-state index contributed by atoms with van der Waals surface area (Å²) in [6, 6.07) is 9.15. The van der Waals surface area contributed by atoms with Crippen molar-refractivity contribution in [2.24, 2.45) is 0 Å². The molecule has 0 bridgehead atoms. The van der Waals surface area contributed by atoms with Crippen molar-refractivity contribution in [3.8, 4) is 5.75 Å². The molecule has 0 fully saturated rings. The molecule has 1 aromatic carbocycles. The van der Waals surface area contributed by atoms with Crippen LogP contribution in [0.5, 0.6) is 5.75 Å². The predicted octanol–water partition coefficient (Wildman–Crippen LogP) is 0.495. The molecule has 1 radical (unpaired) electrons. The first-order valence-electron chi connectivity index (χ1n) is 2.69. The molecule has 0 unspecified atom stereocenters. The number of rotatable bonds is 2. The lowest BCUT2D eigenvalue weighted by Crippen LogP contribution is -1.96. The minimum atomic E-state index is -1.53. The molecule has 0 atom stereocenters.